The molecule has 25 heavy (non-hydrogen) atoms. The highest BCUT2D eigenvalue weighted by molar-refractivity contribution is 5.94. The molecule has 1 N–H and O–H groups in total. The zero-order valence-electron chi connectivity index (χ0n) is 15.0. The van der Waals surface area contributed by atoms with Crippen molar-refractivity contribution in [2.24, 2.45) is 0 Å². The maximum Gasteiger partial charge on any atom is 0.313 e. The van der Waals surface area contributed by atoms with Crippen LogP contribution in [0, 0.1) is 6.92 Å². The van der Waals surface area contributed by atoms with Gasteiger partial charge in [0.25, 0.3) is 5.91 Å². The van der Waals surface area contributed by atoms with Crippen LogP contribution in [0.4, 0.5) is 5.69 Å². The Morgan fingerprint density at radius 3 is 2.40 bits per heavy atom. The van der Waals surface area contributed by atoms with Crippen molar-refractivity contribution < 1.29 is 14.3 Å². The smallest absolute Gasteiger partial charge is 0.313 e. The van der Waals surface area contributed by atoms with Gasteiger partial charge < -0.3 is 10.1 Å². The maximum atomic E-state index is 12.3. The van der Waals surface area contributed by atoms with Crippen LogP contribution in [0.15, 0.2) is 48.5 Å². The van der Waals surface area contributed by atoms with E-state index in [0.29, 0.717) is 6.42 Å². The molecule has 0 saturated carbocycles. The molecule has 4 nitrogen and oxygen atoms in total. The number of rotatable bonds is 7. The Kier molecular flexibility index (Phi) is 6.75. The fourth-order valence-corrected chi connectivity index (χ4v) is 2.84. The molecule has 0 unspecified atom stereocenters. The number of carbonyl (C=O) groups is 2. The summed E-state index contributed by atoms with van der Waals surface area (Å²) in [5, 5.41) is 2.87. The summed E-state index contributed by atoms with van der Waals surface area (Å²) in [5.41, 5.74) is 3.77. The lowest BCUT2D eigenvalue weighted by Crippen LogP contribution is -2.24. The fourth-order valence-electron chi connectivity index (χ4n) is 2.84. The van der Waals surface area contributed by atoms with Crippen molar-refractivity contribution in [3.8, 4) is 0 Å². The van der Waals surface area contributed by atoms with Gasteiger partial charge >= 0.3 is 5.97 Å². The Bertz CT molecular complexity index is 725. The number of hydrogen-bond acceptors (Lipinski definition) is 3. The van der Waals surface area contributed by atoms with E-state index in [9.17, 15) is 9.59 Å². The SMILES string of the molecule is CCc1cccc(C)c1NC(=O)COC(=O)[C@H](CC)c1ccccc1. The minimum atomic E-state index is -0.371. The molecular formula is C21H25NO3. The van der Waals surface area contributed by atoms with E-state index in [1.807, 2.05) is 69.3 Å². The minimum absolute atomic E-state index is 0.278. The predicted molar refractivity (Wildman–Crippen MR) is 99.6 cm³/mol. The Morgan fingerprint density at radius 2 is 1.76 bits per heavy atom. The first kappa shape index (κ1) is 18.7. The molecule has 0 aliphatic rings. The largest absolute Gasteiger partial charge is 0.455 e. The molecule has 1 amide bonds. The minimum Gasteiger partial charge on any atom is -0.455 e. The summed E-state index contributed by atoms with van der Waals surface area (Å²) >= 11 is 0. The van der Waals surface area contributed by atoms with E-state index in [-0.39, 0.29) is 24.4 Å². The molecule has 1 atom stereocenters. The summed E-state index contributed by atoms with van der Waals surface area (Å²) < 4.78 is 5.25. The van der Waals surface area contributed by atoms with Crippen molar-refractivity contribution >= 4 is 17.6 Å². The average molecular weight is 339 g/mol. The number of esters is 1. The number of hydrogen-bond donors (Lipinski definition) is 1. The van der Waals surface area contributed by atoms with E-state index in [2.05, 4.69) is 5.32 Å². The molecule has 0 aliphatic heterocycles. The lowest BCUT2D eigenvalue weighted by Gasteiger charge is -2.16. The van der Waals surface area contributed by atoms with Gasteiger partial charge in [-0.2, -0.15) is 0 Å². The summed E-state index contributed by atoms with van der Waals surface area (Å²) in [6.07, 6.45) is 1.45. The molecule has 0 fully saturated rings. The molecule has 2 aromatic rings. The van der Waals surface area contributed by atoms with Crippen LogP contribution in [-0.4, -0.2) is 18.5 Å². The molecule has 0 heterocycles. The van der Waals surface area contributed by atoms with Crippen molar-refractivity contribution in [2.75, 3.05) is 11.9 Å². The highest BCUT2D eigenvalue weighted by atomic mass is 16.5. The average Bonchev–Trinajstić information content (AvgIpc) is 2.63. The topological polar surface area (TPSA) is 55.4 Å². The summed E-state index contributed by atoms with van der Waals surface area (Å²) in [6.45, 7) is 5.64. The van der Waals surface area contributed by atoms with Gasteiger partial charge in [-0.1, -0.05) is 62.4 Å². The molecule has 2 aromatic carbocycles. The van der Waals surface area contributed by atoms with Crippen LogP contribution in [0.5, 0.6) is 0 Å². The molecule has 0 spiro atoms. The molecule has 2 rings (SSSR count). The highest BCUT2D eigenvalue weighted by Crippen LogP contribution is 2.22. The Labute approximate surface area is 149 Å². The first-order chi connectivity index (χ1) is 12.1. The van der Waals surface area contributed by atoms with Gasteiger partial charge in [0.05, 0.1) is 5.92 Å². The molecule has 0 aliphatic carbocycles. The lowest BCUT2D eigenvalue weighted by molar-refractivity contribution is -0.149. The van der Waals surface area contributed by atoms with E-state index in [4.69, 9.17) is 4.74 Å². The van der Waals surface area contributed by atoms with Crippen molar-refractivity contribution in [3.63, 3.8) is 0 Å². The van der Waals surface area contributed by atoms with Crippen LogP contribution in [0.2, 0.25) is 0 Å². The zero-order valence-corrected chi connectivity index (χ0v) is 15.0. The van der Waals surface area contributed by atoms with Gasteiger partial charge in [0.1, 0.15) is 0 Å². The number of para-hydroxylation sites is 1. The van der Waals surface area contributed by atoms with Crippen LogP contribution in [0.1, 0.15) is 42.9 Å². The third kappa shape index (κ3) is 4.92. The normalized spacial score (nSPS) is 11.6. The third-order valence-electron chi connectivity index (χ3n) is 4.24. The zero-order chi connectivity index (χ0) is 18.2. The Morgan fingerprint density at radius 1 is 1.04 bits per heavy atom. The van der Waals surface area contributed by atoms with Crippen molar-refractivity contribution in [2.45, 2.75) is 39.5 Å². The second-order valence-electron chi connectivity index (χ2n) is 5.99. The lowest BCUT2D eigenvalue weighted by atomic mass is 9.97. The van der Waals surface area contributed by atoms with Gasteiger partial charge in [0, 0.05) is 5.69 Å². The summed E-state index contributed by atoms with van der Waals surface area (Å²) in [7, 11) is 0. The number of amides is 1. The van der Waals surface area contributed by atoms with E-state index < -0.39 is 0 Å². The van der Waals surface area contributed by atoms with Crippen molar-refractivity contribution in [1.29, 1.82) is 0 Å². The van der Waals surface area contributed by atoms with Gasteiger partial charge in [0.2, 0.25) is 0 Å². The number of carbonyl (C=O) groups excluding carboxylic acids is 2. The van der Waals surface area contributed by atoms with Crippen LogP contribution < -0.4 is 5.32 Å². The van der Waals surface area contributed by atoms with E-state index in [0.717, 1.165) is 28.8 Å². The first-order valence-electron chi connectivity index (χ1n) is 8.66. The molecular weight excluding hydrogens is 314 g/mol. The van der Waals surface area contributed by atoms with Crippen molar-refractivity contribution in [3.05, 3.63) is 65.2 Å². The second-order valence-corrected chi connectivity index (χ2v) is 5.99. The third-order valence-corrected chi connectivity index (χ3v) is 4.24. The molecule has 4 heteroatoms. The van der Waals surface area contributed by atoms with Crippen LogP contribution in [0.3, 0.4) is 0 Å². The quantitative estimate of drug-likeness (QED) is 0.768. The maximum absolute atomic E-state index is 12.3. The number of benzene rings is 2. The first-order valence-corrected chi connectivity index (χ1v) is 8.66. The molecule has 132 valence electrons. The summed E-state index contributed by atoms with van der Waals surface area (Å²) in [4.78, 5) is 24.5. The van der Waals surface area contributed by atoms with Crippen LogP contribution in [0.25, 0.3) is 0 Å². The monoisotopic (exact) mass is 339 g/mol. The molecule has 0 aromatic heterocycles. The van der Waals surface area contributed by atoms with Gasteiger partial charge in [-0.15, -0.1) is 0 Å². The molecule has 0 saturated heterocycles. The van der Waals surface area contributed by atoms with E-state index >= 15 is 0 Å². The predicted octanol–water partition coefficient (Wildman–Crippen LogP) is 4.23. The number of nitrogens with one attached hydrogen (secondary N) is 1. The Balaban J connectivity index is 1.97. The molecule has 0 radical (unpaired) electrons. The highest BCUT2D eigenvalue weighted by Gasteiger charge is 2.21. The van der Waals surface area contributed by atoms with Gasteiger partial charge in [0.15, 0.2) is 6.61 Å². The van der Waals surface area contributed by atoms with Crippen LogP contribution in [-0.2, 0) is 20.7 Å². The van der Waals surface area contributed by atoms with Crippen LogP contribution >= 0.6 is 0 Å². The van der Waals surface area contributed by atoms with Crippen molar-refractivity contribution in [1.82, 2.24) is 0 Å². The fraction of sp³-hybridized carbons (Fsp3) is 0.333. The van der Waals surface area contributed by atoms with Gasteiger partial charge in [-0.05, 0) is 36.5 Å². The number of anilines is 1. The number of ether oxygens (including phenoxy) is 1. The standard InChI is InChI=1S/C21H25NO3/c1-4-16-13-9-10-15(3)20(16)22-19(23)14-25-21(24)18(5-2)17-11-7-6-8-12-17/h6-13,18H,4-5,14H2,1-3H3,(H,22,23)/t18-/m1/s1. The van der Waals surface area contributed by atoms with Gasteiger partial charge in [-0.3, -0.25) is 9.59 Å². The van der Waals surface area contributed by atoms with E-state index in [1.165, 1.54) is 0 Å². The summed E-state index contributed by atoms with van der Waals surface area (Å²) in [6, 6.07) is 15.4. The summed E-state index contributed by atoms with van der Waals surface area (Å²) in [5.74, 6) is -1.04. The van der Waals surface area contributed by atoms with E-state index in [1.54, 1.807) is 0 Å². The number of aryl methyl sites for hydroxylation is 2. The Hall–Kier alpha value is -2.62. The second kappa shape index (κ2) is 9.02. The van der Waals surface area contributed by atoms with Gasteiger partial charge in [-0.25, -0.2) is 0 Å². The molecule has 0 bridgehead atoms.